The Hall–Kier alpha value is -1.42. The lowest BCUT2D eigenvalue weighted by molar-refractivity contribution is 0.0934. The van der Waals surface area contributed by atoms with Gasteiger partial charge in [-0.05, 0) is 31.3 Å². The summed E-state index contributed by atoms with van der Waals surface area (Å²) < 4.78 is 18.2. The van der Waals surface area contributed by atoms with E-state index in [2.05, 4.69) is 0 Å². The highest BCUT2D eigenvalue weighted by Gasteiger charge is 2.15. The quantitative estimate of drug-likeness (QED) is 0.714. The molecule has 0 saturated heterocycles. The third-order valence-electron chi connectivity index (χ3n) is 2.72. The van der Waals surface area contributed by atoms with Crippen molar-refractivity contribution in [1.29, 1.82) is 0 Å². The van der Waals surface area contributed by atoms with Gasteiger partial charge in [0.25, 0.3) is 0 Å². The first kappa shape index (κ1) is 13.6. The SMILES string of the molecule is CCN(CC)CC(=O)c1cc(F)ccc1OC. The minimum atomic E-state index is -0.423. The molecule has 94 valence electrons. The average Bonchev–Trinajstić information content (AvgIpc) is 2.35. The van der Waals surface area contributed by atoms with Crippen LogP contribution in [0.2, 0.25) is 0 Å². The fourth-order valence-electron chi connectivity index (χ4n) is 1.63. The van der Waals surface area contributed by atoms with Crippen molar-refractivity contribution in [1.82, 2.24) is 4.90 Å². The predicted octanol–water partition coefficient (Wildman–Crippen LogP) is 2.36. The molecule has 0 fully saturated rings. The zero-order valence-electron chi connectivity index (χ0n) is 10.5. The van der Waals surface area contributed by atoms with E-state index < -0.39 is 5.82 Å². The molecule has 1 rings (SSSR count). The zero-order chi connectivity index (χ0) is 12.8. The molecule has 17 heavy (non-hydrogen) atoms. The number of carbonyl (C=O) groups excluding carboxylic acids is 1. The van der Waals surface area contributed by atoms with Crippen LogP contribution in [0.25, 0.3) is 0 Å². The maximum atomic E-state index is 13.1. The van der Waals surface area contributed by atoms with Gasteiger partial charge >= 0.3 is 0 Å². The van der Waals surface area contributed by atoms with E-state index in [-0.39, 0.29) is 12.3 Å². The van der Waals surface area contributed by atoms with Crippen molar-refractivity contribution in [2.75, 3.05) is 26.7 Å². The third-order valence-corrected chi connectivity index (χ3v) is 2.72. The van der Waals surface area contributed by atoms with Crippen LogP contribution in [0.4, 0.5) is 4.39 Å². The molecule has 0 atom stereocenters. The van der Waals surface area contributed by atoms with Crippen molar-refractivity contribution in [2.45, 2.75) is 13.8 Å². The Labute approximate surface area is 101 Å². The van der Waals surface area contributed by atoms with Gasteiger partial charge in [0.15, 0.2) is 5.78 Å². The molecule has 1 aromatic rings. The Bertz CT molecular complexity index is 389. The molecule has 0 aliphatic rings. The molecule has 0 aliphatic heterocycles. The van der Waals surface area contributed by atoms with Gasteiger partial charge in [-0.25, -0.2) is 4.39 Å². The number of methoxy groups -OCH3 is 1. The monoisotopic (exact) mass is 239 g/mol. The molecule has 0 amide bonds. The van der Waals surface area contributed by atoms with E-state index in [4.69, 9.17) is 4.74 Å². The van der Waals surface area contributed by atoms with Crippen LogP contribution < -0.4 is 4.74 Å². The zero-order valence-corrected chi connectivity index (χ0v) is 10.5. The molecule has 0 bridgehead atoms. The molecule has 0 unspecified atom stereocenters. The molecule has 0 saturated carbocycles. The molecule has 0 spiro atoms. The van der Waals surface area contributed by atoms with Gasteiger partial charge in [-0.15, -0.1) is 0 Å². The molecule has 0 aliphatic carbocycles. The summed E-state index contributed by atoms with van der Waals surface area (Å²) in [6.45, 7) is 5.84. The number of hydrogen-bond donors (Lipinski definition) is 0. The lowest BCUT2D eigenvalue weighted by Gasteiger charge is -2.17. The Morgan fingerprint density at radius 2 is 2.00 bits per heavy atom. The number of likely N-dealkylation sites (N-methyl/N-ethyl adjacent to an activating group) is 1. The van der Waals surface area contributed by atoms with Crippen molar-refractivity contribution in [3.63, 3.8) is 0 Å². The summed E-state index contributed by atoms with van der Waals surface area (Å²) in [6, 6.07) is 3.99. The van der Waals surface area contributed by atoms with E-state index in [0.29, 0.717) is 11.3 Å². The average molecular weight is 239 g/mol. The minimum absolute atomic E-state index is 0.120. The lowest BCUT2D eigenvalue weighted by atomic mass is 10.1. The summed E-state index contributed by atoms with van der Waals surface area (Å²) in [5.41, 5.74) is 0.305. The molecule has 4 heteroatoms. The normalized spacial score (nSPS) is 10.6. The molecule has 1 aromatic carbocycles. The van der Waals surface area contributed by atoms with E-state index in [1.165, 1.54) is 25.3 Å². The smallest absolute Gasteiger partial charge is 0.180 e. The molecular formula is C13H18FNO2. The van der Waals surface area contributed by atoms with E-state index in [0.717, 1.165) is 13.1 Å². The summed E-state index contributed by atoms with van der Waals surface area (Å²) in [6.07, 6.45) is 0. The van der Waals surface area contributed by atoms with Crippen LogP contribution in [0.15, 0.2) is 18.2 Å². The number of ketones is 1. The van der Waals surface area contributed by atoms with Crippen LogP contribution in [-0.2, 0) is 0 Å². The van der Waals surface area contributed by atoms with Crippen LogP contribution in [0.3, 0.4) is 0 Å². The molecule has 0 N–H and O–H groups in total. The number of carbonyl (C=O) groups is 1. The maximum Gasteiger partial charge on any atom is 0.180 e. The number of halogens is 1. The Morgan fingerprint density at radius 1 is 1.35 bits per heavy atom. The molecule has 3 nitrogen and oxygen atoms in total. The number of rotatable bonds is 6. The van der Waals surface area contributed by atoms with Gasteiger partial charge in [0.05, 0.1) is 19.2 Å². The first-order chi connectivity index (χ1) is 8.12. The highest BCUT2D eigenvalue weighted by molar-refractivity contribution is 6.00. The van der Waals surface area contributed by atoms with Crippen LogP contribution in [0.5, 0.6) is 5.75 Å². The van der Waals surface area contributed by atoms with Crippen LogP contribution in [0.1, 0.15) is 24.2 Å². The molecule has 0 aromatic heterocycles. The Balaban J connectivity index is 2.90. The summed E-state index contributed by atoms with van der Waals surface area (Å²) in [5, 5.41) is 0. The van der Waals surface area contributed by atoms with E-state index in [1.54, 1.807) is 0 Å². The highest BCUT2D eigenvalue weighted by atomic mass is 19.1. The molecular weight excluding hydrogens is 221 g/mol. The molecule has 0 radical (unpaired) electrons. The number of ether oxygens (including phenoxy) is 1. The highest BCUT2D eigenvalue weighted by Crippen LogP contribution is 2.20. The van der Waals surface area contributed by atoms with E-state index in [9.17, 15) is 9.18 Å². The number of nitrogens with zero attached hydrogens (tertiary/aromatic N) is 1. The standard InChI is InChI=1S/C13H18FNO2/c1-4-15(5-2)9-12(16)11-8-10(14)6-7-13(11)17-3/h6-8H,4-5,9H2,1-3H3. The number of Topliss-reactive ketones (excluding diaryl/α,β-unsaturated/α-hetero) is 1. The second-order valence-electron chi connectivity index (χ2n) is 3.73. The van der Waals surface area contributed by atoms with Crippen LogP contribution >= 0.6 is 0 Å². The molecule has 0 heterocycles. The number of hydrogen-bond acceptors (Lipinski definition) is 3. The van der Waals surface area contributed by atoms with Crippen molar-refractivity contribution >= 4 is 5.78 Å². The summed E-state index contributed by atoms with van der Waals surface area (Å²) in [4.78, 5) is 14.0. The largest absolute Gasteiger partial charge is 0.496 e. The first-order valence-corrected chi connectivity index (χ1v) is 5.71. The van der Waals surface area contributed by atoms with Crippen LogP contribution in [-0.4, -0.2) is 37.4 Å². The maximum absolute atomic E-state index is 13.1. The number of benzene rings is 1. The van der Waals surface area contributed by atoms with Crippen molar-refractivity contribution < 1.29 is 13.9 Å². The van der Waals surface area contributed by atoms with Gasteiger partial charge in [0, 0.05) is 0 Å². The Morgan fingerprint density at radius 3 is 2.53 bits per heavy atom. The Kier molecular flexibility index (Phi) is 5.10. The second-order valence-corrected chi connectivity index (χ2v) is 3.73. The summed E-state index contributed by atoms with van der Waals surface area (Å²) >= 11 is 0. The van der Waals surface area contributed by atoms with Gasteiger partial charge in [-0.2, -0.15) is 0 Å². The fourth-order valence-corrected chi connectivity index (χ4v) is 1.63. The third kappa shape index (κ3) is 3.53. The fraction of sp³-hybridized carbons (Fsp3) is 0.462. The topological polar surface area (TPSA) is 29.5 Å². The van der Waals surface area contributed by atoms with Crippen molar-refractivity contribution in [3.05, 3.63) is 29.6 Å². The predicted molar refractivity (Wildman–Crippen MR) is 65.1 cm³/mol. The van der Waals surface area contributed by atoms with Crippen molar-refractivity contribution in [3.8, 4) is 5.75 Å². The van der Waals surface area contributed by atoms with Crippen molar-refractivity contribution in [2.24, 2.45) is 0 Å². The minimum Gasteiger partial charge on any atom is -0.496 e. The first-order valence-electron chi connectivity index (χ1n) is 5.71. The van der Waals surface area contributed by atoms with Gasteiger partial charge in [0.2, 0.25) is 0 Å². The van der Waals surface area contributed by atoms with Gasteiger partial charge in [-0.1, -0.05) is 13.8 Å². The van der Waals surface area contributed by atoms with Crippen LogP contribution in [0, 0.1) is 5.82 Å². The lowest BCUT2D eigenvalue weighted by Crippen LogP contribution is -2.29. The van der Waals surface area contributed by atoms with Gasteiger partial charge < -0.3 is 4.74 Å². The van der Waals surface area contributed by atoms with Gasteiger partial charge in [0.1, 0.15) is 11.6 Å². The van der Waals surface area contributed by atoms with Gasteiger partial charge in [-0.3, -0.25) is 9.69 Å². The summed E-state index contributed by atoms with van der Waals surface area (Å²) in [5.74, 6) is -0.123. The summed E-state index contributed by atoms with van der Waals surface area (Å²) in [7, 11) is 1.47. The van der Waals surface area contributed by atoms with E-state index in [1.807, 2.05) is 18.7 Å². The van der Waals surface area contributed by atoms with E-state index >= 15 is 0 Å². The second kappa shape index (κ2) is 6.35.